The molecule has 0 saturated carbocycles. The first-order chi connectivity index (χ1) is 16.3. The lowest BCUT2D eigenvalue weighted by Gasteiger charge is -2.33. The van der Waals surface area contributed by atoms with Crippen LogP contribution in [0, 0.1) is 17.2 Å². The van der Waals surface area contributed by atoms with E-state index in [1.807, 2.05) is 19.9 Å². The number of hydrogen-bond donors (Lipinski definition) is 3. The molecule has 3 N–H and O–H groups in total. The van der Waals surface area contributed by atoms with E-state index in [1.54, 1.807) is 20.8 Å². The van der Waals surface area contributed by atoms with Gasteiger partial charge in [0.25, 0.3) is 0 Å². The van der Waals surface area contributed by atoms with E-state index in [1.165, 1.54) is 24.3 Å². The number of nitrogens with zero attached hydrogens (tertiary/aromatic N) is 2. The van der Waals surface area contributed by atoms with Gasteiger partial charge in [-0.2, -0.15) is 5.26 Å². The zero-order valence-electron chi connectivity index (χ0n) is 21.0. The van der Waals surface area contributed by atoms with Crippen LogP contribution in [0.15, 0.2) is 24.3 Å². The van der Waals surface area contributed by atoms with Gasteiger partial charge in [-0.15, -0.1) is 0 Å². The topological polar surface area (TPSA) is 158 Å². The Bertz CT molecular complexity index is 950. The summed E-state index contributed by atoms with van der Waals surface area (Å²) in [5, 5.41) is 24.3. The van der Waals surface area contributed by atoms with Crippen LogP contribution in [0.5, 0.6) is 5.75 Å². The van der Waals surface area contributed by atoms with Crippen molar-refractivity contribution in [3.8, 4) is 11.8 Å². The molecule has 1 aromatic carbocycles. The number of ether oxygens (including phenoxy) is 2. The molecule has 11 heteroatoms. The van der Waals surface area contributed by atoms with Gasteiger partial charge in [0, 0.05) is 0 Å². The fraction of sp³-hybridized carbons (Fsp3) is 0.542. The highest BCUT2D eigenvalue weighted by Gasteiger charge is 2.36. The van der Waals surface area contributed by atoms with E-state index >= 15 is 0 Å². The second-order valence-electron chi connectivity index (χ2n) is 9.24. The molecular formula is C24H34N4O7. The zero-order chi connectivity index (χ0) is 26.8. The third kappa shape index (κ3) is 9.92. The Morgan fingerprint density at radius 1 is 1.20 bits per heavy atom. The second kappa shape index (κ2) is 13.2. The maximum Gasteiger partial charge on any atom is 0.408 e. The molecule has 2 unspecified atom stereocenters. The Morgan fingerprint density at radius 2 is 1.86 bits per heavy atom. The average Bonchev–Trinajstić information content (AvgIpc) is 2.74. The first-order valence-electron chi connectivity index (χ1n) is 11.1. The van der Waals surface area contributed by atoms with Crippen molar-refractivity contribution < 1.29 is 33.8 Å². The lowest BCUT2D eigenvalue weighted by atomic mass is 9.99. The average molecular weight is 491 g/mol. The van der Waals surface area contributed by atoms with E-state index in [-0.39, 0.29) is 23.7 Å². The molecule has 0 aliphatic rings. The highest BCUT2D eigenvalue weighted by atomic mass is 16.6. The van der Waals surface area contributed by atoms with Crippen molar-refractivity contribution in [3.63, 3.8) is 0 Å². The van der Waals surface area contributed by atoms with Crippen LogP contribution in [0.25, 0.3) is 0 Å². The minimum atomic E-state index is -1.38. The third-order valence-electron chi connectivity index (χ3n) is 4.60. The number of alkyl carbamates (subject to hydrolysis) is 1. The summed E-state index contributed by atoms with van der Waals surface area (Å²) in [5.74, 6) is -2.38. The Balaban J connectivity index is 3.42. The molecule has 0 radical (unpaired) electrons. The molecule has 0 heterocycles. The molecule has 2 atom stereocenters. The molecule has 0 bridgehead atoms. The number of aromatic hydroxyl groups is 1. The minimum Gasteiger partial charge on any atom is -0.508 e. The van der Waals surface area contributed by atoms with Gasteiger partial charge in [0.15, 0.2) is 0 Å². The van der Waals surface area contributed by atoms with Crippen LogP contribution in [0.1, 0.15) is 52.6 Å². The fourth-order valence-electron chi connectivity index (χ4n) is 3.21. The smallest absolute Gasteiger partial charge is 0.408 e. The van der Waals surface area contributed by atoms with Crippen molar-refractivity contribution in [2.75, 3.05) is 20.2 Å². The van der Waals surface area contributed by atoms with Crippen molar-refractivity contribution in [2.45, 2.75) is 58.7 Å². The highest BCUT2D eigenvalue weighted by Crippen LogP contribution is 2.26. The van der Waals surface area contributed by atoms with Crippen molar-refractivity contribution in [1.82, 2.24) is 15.5 Å². The van der Waals surface area contributed by atoms with E-state index in [2.05, 4.69) is 15.4 Å². The van der Waals surface area contributed by atoms with Crippen LogP contribution >= 0.6 is 0 Å². The van der Waals surface area contributed by atoms with Gasteiger partial charge in [0.05, 0.1) is 13.2 Å². The Kier molecular flexibility index (Phi) is 11.0. The van der Waals surface area contributed by atoms with Gasteiger partial charge < -0.3 is 30.1 Å². The van der Waals surface area contributed by atoms with Crippen LogP contribution in [0.3, 0.4) is 0 Å². The van der Waals surface area contributed by atoms with Gasteiger partial charge in [-0.3, -0.25) is 14.4 Å². The summed E-state index contributed by atoms with van der Waals surface area (Å²) in [7, 11) is 1.16. The summed E-state index contributed by atoms with van der Waals surface area (Å²) in [6.45, 7) is 7.76. The molecule has 35 heavy (non-hydrogen) atoms. The summed E-state index contributed by atoms with van der Waals surface area (Å²) in [6.07, 6.45) is -0.617. The number of benzene rings is 1. The molecule has 1 rings (SSSR count). The third-order valence-corrected chi connectivity index (χ3v) is 4.60. The summed E-state index contributed by atoms with van der Waals surface area (Å²) in [6, 6.07) is 5.02. The summed E-state index contributed by atoms with van der Waals surface area (Å²) >= 11 is 0. The quantitative estimate of drug-likeness (QED) is 0.332. The summed E-state index contributed by atoms with van der Waals surface area (Å²) < 4.78 is 9.81. The van der Waals surface area contributed by atoms with E-state index in [4.69, 9.17) is 4.74 Å². The number of esters is 1. The van der Waals surface area contributed by atoms with Crippen LogP contribution in [-0.2, 0) is 23.9 Å². The van der Waals surface area contributed by atoms with Gasteiger partial charge in [-0.1, -0.05) is 26.0 Å². The second-order valence-corrected chi connectivity index (χ2v) is 9.24. The molecule has 0 saturated heterocycles. The number of carbonyl (C=O) groups excluding carboxylic acids is 4. The fourth-order valence-corrected chi connectivity index (χ4v) is 3.21. The number of hydrogen-bond acceptors (Lipinski definition) is 8. The monoisotopic (exact) mass is 490 g/mol. The maximum atomic E-state index is 13.6. The number of phenolic OH excluding ortho intramolecular Hbond substituents is 1. The maximum absolute atomic E-state index is 13.6. The van der Waals surface area contributed by atoms with Crippen molar-refractivity contribution in [1.29, 1.82) is 5.26 Å². The number of amides is 3. The molecule has 0 fully saturated rings. The van der Waals surface area contributed by atoms with Gasteiger partial charge in [-0.05, 0) is 50.8 Å². The number of nitrogens with one attached hydrogen (secondary N) is 2. The van der Waals surface area contributed by atoms with E-state index in [0.29, 0.717) is 0 Å². The normalized spacial score (nSPS) is 12.6. The molecule has 0 aliphatic carbocycles. The molecule has 11 nitrogen and oxygen atoms in total. The van der Waals surface area contributed by atoms with Crippen LogP contribution in [-0.4, -0.2) is 65.7 Å². The van der Waals surface area contributed by atoms with E-state index in [9.17, 15) is 29.5 Å². The minimum absolute atomic E-state index is 0.0322. The Hall–Kier alpha value is -3.81. The van der Waals surface area contributed by atoms with Gasteiger partial charge in [0.1, 0.15) is 36.5 Å². The molecule has 3 amide bonds. The van der Waals surface area contributed by atoms with Crippen LogP contribution < -0.4 is 10.6 Å². The van der Waals surface area contributed by atoms with Crippen molar-refractivity contribution >= 4 is 23.9 Å². The lowest BCUT2D eigenvalue weighted by molar-refractivity contribution is -0.144. The van der Waals surface area contributed by atoms with Crippen molar-refractivity contribution in [2.24, 2.45) is 5.92 Å². The SMILES string of the molecule is COC(=O)CNC(=O)C(c1cccc(O)c1)N(CC#N)C(=O)C(CC(C)C)NC(=O)OC(C)(C)C. The van der Waals surface area contributed by atoms with Gasteiger partial charge >= 0.3 is 12.1 Å². The van der Waals surface area contributed by atoms with E-state index in [0.717, 1.165) is 12.0 Å². The molecule has 1 aromatic rings. The number of rotatable bonds is 10. The lowest BCUT2D eigenvalue weighted by Crippen LogP contribution is -2.53. The van der Waals surface area contributed by atoms with Crippen LogP contribution in [0.2, 0.25) is 0 Å². The summed E-state index contributed by atoms with van der Waals surface area (Å²) in [4.78, 5) is 51.7. The zero-order valence-corrected chi connectivity index (χ0v) is 21.0. The molecule has 192 valence electrons. The molecular weight excluding hydrogens is 456 g/mol. The Morgan fingerprint density at radius 3 is 2.37 bits per heavy atom. The first kappa shape index (κ1) is 29.2. The largest absolute Gasteiger partial charge is 0.508 e. The molecule has 0 spiro atoms. The number of carbonyl (C=O) groups is 4. The van der Waals surface area contributed by atoms with Gasteiger partial charge in [0.2, 0.25) is 11.8 Å². The predicted molar refractivity (Wildman–Crippen MR) is 126 cm³/mol. The van der Waals surface area contributed by atoms with E-state index < -0.39 is 54.7 Å². The standard InChI is InChI=1S/C24H34N4O7/c1-15(2)12-18(27-23(33)35-24(3,4)5)22(32)28(11-10-25)20(16-8-7-9-17(29)13-16)21(31)26-14-19(30)34-6/h7-9,13,15,18,20,29H,11-12,14H2,1-6H3,(H,26,31)(H,27,33). The van der Waals surface area contributed by atoms with Crippen LogP contribution in [0.4, 0.5) is 4.79 Å². The predicted octanol–water partition coefficient (Wildman–Crippen LogP) is 2.01. The molecule has 0 aliphatic heterocycles. The number of phenols is 1. The highest BCUT2D eigenvalue weighted by molar-refractivity contribution is 5.93. The number of nitriles is 1. The summed E-state index contributed by atoms with van der Waals surface area (Å²) in [5.41, 5.74) is -0.601. The first-order valence-corrected chi connectivity index (χ1v) is 11.1. The van der Waals surface area contributed by atoms with Crippen molar-refractivity contribution in [3.05, 3.63) is 29.8 Å². The number of methoxy groups -OCH3 is 1. The van der Waals surface area contributed by atoms with Gasteiger partial charge in [-0.25, -0.2) is 4.79 Å². The molecule has 0 aromatic heterocycles. The Labute approximate surface area is 205 Å².